The van der Waals surface area contributed by atoms with Gasteiger partial charge in [0.2, 0.25) is 11.8 Å². The maximum Gasteiger partial charge on any atom is 0.241 e. The first kappa shape index (κ1) is 22.0. The molecule has 2 fully saturated rings. The van der Waals surface area contributed by atoms with Gasteiger partial charge in [-0.15, -0.1) is 0 Å². The molecule has 1 aromatic carbocycles. The van der Waals surface area contributed by atoms with Gasteiger partial charge in [-0.1, -0.05) is 17.7 Å². The highest BCUT2D eigenvalue weighted by atomic mass is 35.5. The molecule has 4 heterocycles. The monoisotopic (exact) mass is 466 g/mol. The Morgan fingerprint density at radius 3 is 2.79 bits per heavy atom. The Labute approximate surface area is 198 Å². The highest BCUT2D eigenvalue weighted by Gasteiger charge is 2.26. The molecule has 0 unspecified atom stereocenters. The van der Waals surface area contributed by atoms with Crippen molar-refractivity contribution in [2.45, 2.75) is 25.3 Å². The maximum atomic E-state index is 6.11. The first-order valence-electron chi connectivity index (χ1n) is 11.4. The molecule has 2 aliphatic rings. The lowest BCUT2D eigenvalue weighted by Gasteiger charge is -2.32. The van der Waals surface area contributed by atoms with E-state index >= 15 is 0 Å². The Kier molecular flexibility index (Phi) is 6.95. The predicted molar refractivity (Wildman–Crippen MR) is 126 cm³/mol. The molecule has 0 bridgehead atoms. The predicted octanol–water partition coefficient (Wildman–Crippen LogP) is 3.93. The van der Waals surface area contributed by atoms with Crippen LogP contribution in [-0.4, -0.2) is 64.2 Å². The molecular weight excluding hydrogens is 440 g/mol. The van der Waals surface area contributed by atoms with E-state index in [4.69, 9.17) is 26.1 Å². The van der Waals surface area contributed by atoms with Crippen LogP contribution in [0.1, 0.15) is 30.1 Å². The van der Waals surface area contributed by atoms with E-state index < -0.39 is 0 Å². The van der Waals surface area contributed by atoms with E-state index in [-0.39, 0.29) is 5.92 Å². The Bertz CT molecular complexity index is 1080. The van der Waals surface area contributed by atoms with Crippen molar-refractivity contribution >= 4 is 17.5 Å². The van der Waals surface area contributed by atoms with Crippen molar-refractivity contribution < 1.29 is 9.47 Å². The number of halogens is 1. The van der Waals surface area contributed by atoms with Crippen LogP contribution in [0.15, 0.2) is 48.9 Å². The summed E-state index contributed by atoms with van der Waals surface area (Å²) in [5.41, 5.74) is 1.92. The van der Waals surface area contributed by atoms with Crippen molar-refractivity contribution in [1.29, 1.82) is 0 Å². The zero-order valence-corrected chi connectivity index (χ0v) is 19.2. The zero-order chi connectivity index (χ0) is 22.5. The standard InChI is InChI=1S/C24H27ClN6O2/c25-19-4-1-5-21(15-19)33-23-22(26-8-9-27-23)18-3-2-10-30(16-18)17-20-6-7-28-24(29-20)31-11-13-32-14-12-31/h1,4-9,15,18H,2-3,10-14,16-17H2/t18-/m0/s1. The maximum absolute atomic E-state index is 6.11. The summed E-state index contributed by atoms with van der Waals surface area (Å²) < 4.78 is 11.5. The molecule has 2 saturated heterocycles. The zero-order valence-electron chi connectivity index (χ0n) is 18.4. The van der Waals surface area contributed by atoms with Crippen LogP contribution in [0.2, 0.25) is 5.02 Å². The Hall–Kier alpha value is -2.81. The second kappa shape index (κ2) is 10.4. The van der Waals surface area contributed by atoms with Crippen LogP contribution in [0.25, 0.3) is 0 Å². The van der Waals surface area contributed by atoms with E-state index in [9.17, 15) is 0 Å². The quantitative estimate of drug-likeness (QED) is 0.541. The normalized spacial score (nSPS) is 19.4. The average molecular weight is 467 g/mol. The van der Waals surface area contributed by atoms with Gasteiger partial charge < -0.3 is 14.4 Å². The fourth-order valence-corrected chi connectivity index (χ4v) is 4.56. The average Bonchev–Trinajstić information content (AvgIpc) is 2.85. The lowest BCUT2D eigenvalue weighted by atomic mass is 9.94. The number of hydrogen-bond acceptors (Lipinski definition) is 8. The molecule has 0 aliphatic carbocycles. The van der Waals surface area contributed by atoms with Crippen LogP contribution in [0, 0.1) is 0 Å². The van der Waals surface area contributed by atoms with Gasteiger partial charge in [-0.05, 0) is 43.7 Å². The van der Waals surface area contributed by atoms with E-state index in [2.05, 4.69) is 24.8 Å². The molecule has 3 aromatic rings. The third-order valence-corrected chi connectivity index (χ3v) is 6.21. The molecule has 1 atom stereocenters. The van der Waals surface area contributed by atoms with Gasteiger partial charge in [-0.25, -0.2) is 15.0 Å². The minimum absolute atomic E-state index is 0.238. The van der Waals surface area contributed by atoms with Crippen molar-refractivity contribution in [2.75, 3.05) is 44.3 Å². The van der Waals surface area contributed by atoms with Crippen molar-refractivity contribution in [1.82, 2.24) is 24.8 Å². The van der Waals surface area contributed by atoms with Gasteiger partial charge in [0.25, 0.3) is 0 Å². The molecule has 2 aliphatic heterocycles. The molecule has 0 radical (unpaired) electrons. The van der Waals surface area contributed by atoms with Crippen LogP contribution < -0.4 is 9.64 Å². The summed E-state index contributed by atoms with van der Waals surface area (Å²) in [7, 11) is 0. The summed E-state index contributed by atoms with van der Waals surface area (Å²) in [5, 5.41) is 0.628. The van der Waals surface area contributed by atoms with Gasteiger partial charge in [0.1, 0.15) is 11.4 Å². The highest BCUT2D eigenvalue weighted by molar-refractivity contribution is 6.30. The first-order chi connectivity index (χ1) is 16.2. The van der Waals surface area contributed by atoms with Gasteiger partial charge in [-0.2, -0.15) is 0 Å². The number of morpholine rings is 1. The molecule has 2 aromatic heterocycles. The van der Waals surface area contributed by atoms with E-state index in [1.807, 2.05) is 30.5 Å². The number of anilines is 1. The van der Waals surface area contributed by atoms with Crippen LogP contribution in [0.5, 0.6) is 11.6 Å². The number of benzene rings is 1. The van der Waals surface area contributed by atoms with Gasteiger partial charge in [0.05, 0.1) is 18.9 Å². The number of nitrogens with zero attached hydrogens (tertiary/aromatic N) is 6. The lowest BCUT2D eigenvalue weighted by Crippen LogP contribution is -2.38. The molecule has 0 N–H and O–H groups in total. The smallest absolute Gasteiger partial charge is 0.241 e. The van der Waals surface area contributed by atoms with Crippen LogP contribution in [0.3, 0.4) is 0 Å². The minimum Gasteiger partial charge on any atom is -0.437 e. The Morgan fingerprint density at radius 2 is 1.91 bits per heavy atom. The van der Waals surface area contributed by atoms with E-state index in [1.165, 1.54) is 0 Å². The summed E-state index contributed by atoms with van der Waals surface area (Å²) >= 11 is 6.11. The third kappa shape index (κ3) is 5.58. The summed E-state index contributed by atoms with van der Waals surface area (Å²) in [6, 6.07) is 9.35. The van der Waals surface area contributed by atoms with Crippen molar-refractivity contribution in [3.8, 4) is 11.6 Å². The molecule has 5 rings (SSSR count). The minimum atomic E-state index is 0.238. The van der Waals surface area contributed by atoms with E-state index in [0.717, 1.165) is 76.1 Å². The fraction of sp³-hybridized carbons (Fsp3) is 0.417. The number of aromatic nitrogens is 4. The van der Waals surface area contributed by atoms with Crippen LogP contribution >= 0.6 is 11.6 Å². The molecule has 33 heavy (non-hydrogen) atoms. The number of rotatable bonds is 6. The second-order valence-corrected chi connectivity index (χ2v) is 8.76. The highest BCUT2D eigenvalue weighted by Crippen LogP contribution is 2.33. The fourth-order valence-electron chi connectivity index (χ4n) is 4.38. The SMILES string of the molecule is Clc1cccc(Oc2nccnc2[C@H]2CCCN(Cc3ccnc(N4CCOCC4)n3)C2)c1. The van der Waals surface area contributed by atoms with Gasteiger partial charge >= 0.3 is 0 Å². The summed E-state index contributed by atoms with van der Waals surface area (Å²) in [5.74, 6) is 2.23. The van der Waals surface area contributed by atoms with Crippen molar-refractivity contribution in [3.05, 3.63) is 65.3 Å². The summed E-state index contributed by atoms with van der Waals surface area (Å²) in [6.45, 7) is 5.79. The first-order valence-corrected chi connectivity index (χ1v) is 11.7. The molecular formula is C24H27ClN6O2. The van der Waals surface area contributed by atoms with E-state index in [0.29, 0.717) is 16.7 Å². The Balaban J connectivity index is 1.28. The largest absolute Gasteiger partial charge is 0.437 e. The molecule has 8 nitrogen and oxygen atoms in total. The number of likely N-dealkylation sites (tertiary alicyclic amines) is 1. The second-order valence-electron chi connectivity index (χ2n) is 8.33. The molecule has 172 valence electrons. The number of piperidine rings is 1. The molecule has 0 amide bonds. The number of ether oxygens (including phenoxy) is 2. The van der Waals surface area contributed by atoms with Crippen molar-refractivity contribution in [3.63, 3.8) is 0 Å². The topological polar surface area (TPSA) is 76.5 Å². The van der Waals surface area contributed by atoms with E-state index in [1.54, 1.807) is 18.5 Å². The van der Waals surface area contributed by atoms with Crippen LogP contribution in [-0.2, 0) is 11.3 Å². The Morgan fingerprint density at radius 1 is 1.03 bits per heavy atom. The summed E-state index contributed by atoms with van der Waals surface area (Å²) in [4.78, 5) is 23.0. The van der Waals surface area contributed by atoms with Crippen molar-refractivity contribution in [2.24, 2.45) is 0 Å². The van der Waals surface area contributed by atoms with Gasteiger partial charge in [-0.3, -0.25) is 9.88 Å². The number of hydrogen-bond donors (Lipinski definition) is 0. The molecule has 0 spiro atoms. The molecule has 9 heteroatoms. The van der Waals surface area contributed by atoms with Gasteiger partial charge in [0, 0.05) is 55.7 Å². The third-order valence-electron chi connectivity index (χ3n) is 5.97. The van der Waals surface area contributed by atoms with Crippen LogP contribution in [0.4, 0.5) is 5.95 Å². The lowest BCUT2D eigenvalue weighted by molar-refractivity contribution is 0.122. The molecule has 0 saturated carbocycles. The van der Waals surface area contributed by atoms with Gasteiger partial charge in [0.15, 0.2) is 0 Å². The summed E-state index contributed by atoms with van der Waals surface area (Å²) in [6.07, 6.45) is 7.38.